The van der Waals surface area contributed by atoms with E-state index in [0.717, 1.165) is 6.42 Å². The van der Waals surface area contributed by atoms with E-state index >= 15 is 0 Å². The summed E-state index contributed by atoms with van der Waals surface area (Å²) in [6.45, 7) is 5.72. The Hall–Kier alpha value is -1.32. The van der Waals surface area contributed by atoms with Crippen LogP contribution >= 0.6 is 0 Å². The third-order valence-electron chi connectivity index (χ3n) is 1.85. The second-order valence-electron chi connectivity index (χ2n) is 3.11. The molecule has 1 amide bonds. The van der Waals surface area contributed by atoms with Gasteiger partial charge in [0.25, 0.3) is 5.91 Å². The van der Waals surface area contributed by atoms with E-state index in [1.165, 1.54) is 0 Å². The second kappa shape index (κ2) is 4.07. The van der Waals surface area contributed by atoms with Gasteiger partial charge in [0.05, 0.1) is 0 Å². The SMILES string of the molecule is CCC(C)NC(=O)c1cc(C)on1. The molecule has 1 aromatic heterocycles. The van der Waals surface area contributed by atoms with Crippen LogP contribution in [0.25, 0.3) is 0 Å². The Kier molecular flexibility index (Phi) is 3.06. The van der Waals surface area contributed by atoms with Gasteiger partial charge in [-0.3, -0.25) is 4.79 Å². The van der Waals surface area contributed by atoms with Crippen LogP contribution in [0.5, 0.6) is 0 Å². The van der Waals surface area contributed by atoms with Crippen LogP contribution < -0.4 is 5.32 Å². The quantitative estimate of drug-likeness (QED) is 0.770. The highest BCUT2D eigenvalue weighted by Gasteiger charge is 2.12. The van der Waals surface area contributed by atoms with E-state index in [9.17, 15) is 4.79 Å². The van der Waals surface area contributed by atoms with Crippen molar-refractivity contribution in [1.82, 2.24) is 10.5 Å². The number of aromatic nitrogens is 1. The number of amides is 1. The standard InChI is InChI=1S/C9H14N2O2/c1-4-6(2)10-9(12)8-5-7(3)13-11-8/h5-6H,4H2,1-3H3,(H,10,12). The number of nitrogens with one attached hydrogen (secondary N) is 1. The maximum absolute atomic E-state index is 11.4. The van der Waals surface area contributed by atoms with E-state index in [1.807, 2.05) is 13.8 Å². The molecule has 1 atom stereocenters. The number of carbonyl (C=O) groups is 1. The molecule has 1 unspecified atom stereocenters. The molecule has 0 radical (unpaired) electrons. The molecule has 1 rings (SSSR count). The smallest absolute Gasteiger partial charge is 0.273 e. The highest BCUT2D eigenvalue weighted by Crippen LogP contribution is 2.01. The van der Waals surface area contributed by atoms with Crippen molar-refractivity contribution < 1.29 is 9.32 Å². The lowest BCUT2D eigenvalue weighted by atomic mass is 10.2. The Balaban J connectivity index is 2.58. The van der Waals surface area contributed by atoms with Gasteiger partial charge < -0.3 is 9.84 Å². The Bertz CT molecular complexity index is 294. The Morgan fingerprint density at radius 3 is 2.92 bits per heavy atom. The molecule has 0 aliphatic rings. The molecule has 0 aromatic carbocycles. The lowest BCUT2D eigenvalue weighted by Crippen LogP contribution is -2.32. The third kappa shape index (κ3) is 2.57. The van der Waals surface area contributed by atoms with Gasteiger partial charge in [0.15, 0.2) is 5.69 Å². The zero-order valence-corrected chi connectivity index (χ0v) is 8.13. The van der Waals surface area contributed by atoms with Gasteiger partial charge in [-0.25, -0.2) is 0 Å². The second-order valence-corrected chi connectivity index (χ2v) is 3.11. The Labute approximate surface area is 77.3 Å². The third-order valence-corrected chi connectivity index (χ3v) is 1.85. The lowest BCUT2D eigenvalue weighted by molar-refractivity contribution is 0.0930. The summed E-state index contributed by atoms with van der Waals surface area (Å²) in [7, 11) is 0. The van der Waals surface area contributed by atoms with Gasteiger partial charge in [0.1, 0.15) is 5.76 Å². The minimum atomic E-state index is -0.175. The first-order valence-corrected chi connectivity index (χ1v) is 4.37. The van der Waals surface area contributed by atoms with Crippen LogP contribution in [-0.2, 0) is 0 Å². The average molecular weight is 182 g/mol. The van der Waals surface area contributed by atoms with E-state index in [-0.39, 0.29) is 11.9 Å². The fraction of sp³-hybridized carbons (Fsp3) is 0.556. The van der Waals surface area contributed by atoms with E-state index in [1.54, 1.807) is 13.0 Å². The molecule has 0 aliphatic heterocycles. The number of hydrogen-bond acceptors (Lipinski definition) is 3. The molecule has 0 fully saturated rings. The summed E-state index contributed by atoms with van der Waals surface area (Å²) >= 11 is 0. The molecule has 1 aromatic rings. The van der Waals surface area contributed by atoms with E-state index in [4.69, 9.17) is 4.52 Å². The molecule has 72 valence electrons. The summed E-state index contributed by atoms with van der Waals surface area (Å²) in [5.41, 5.74) is 0.345. The minimum Gasteiger partial charge on any atom is -0.361 e. The van der Waals surface area contributed by atoms with E-state index in [0.29, 0.717) is 11.5 Å². The van der Waals surface area contributed by atoms with Crippen molar-refractivity contribution in [3.8, 4) is 0 Å². The first kappa shape index (κ1) is 9.77. The molecule has 13 heavy (non-hydrogen) atoms. The Morgan fingerprint density at radius 1 is 1.77 bits per heavy atom. The zero-order valence-electron chi connectivity index (χ0n) is 8.13. The molecule has 0 aliphatic carbocycles. The summed E-state index contributed by atoms with van der Waals surface area (Å²) in [6, 6.07) is 1.79. The van der Waals surface area contributed by atoms with Gasteiger partial charge in [-0.1, -0.05) is 12.1 Å². The zero-order chi connectivity index (χ0) is 9.84. The van der Waals surface area contributed by atoms with E-state index in [2.05, 4.69) is 10.5 Å². The van der Waals surface area contributed by atoms with Crippen molar-refractivity contribution in [1.29, 1.82) is 0 Å². The number of hydrogen-bond donors (Lipinski definition) is 1. The van der Waals surface area contributed by atoms with E-state index < -0.39 is 0 Å². The lowest BCUT2D eigenvalue weighted by Gasteiger charge is -2.08. The van der Waals surface area contributed by atoms with Crippen LogP contribution in [0.15, 0.2) is 10.6 Å². The molecule has 0 saturated carbocycles. The van der Waals surface area contributed by atoms with Crippen molar-refractivity contribution in [2.24, 2.45) is 0 Å². The number of aryl methyl sites for hydroxylation is 1. The Morgan fingerprint density at radius 2 is 2.46 bits per heavy atom. The maximum Gasteiger partial charge on any atom is 0.273 e. The number of carbonyl (C=O) groups excluding carboxylic acids is 1. The monoisotopic (exact) mass is 182 g/mol. The van der Waals surface area contributed by atoms with Crippen LogP contribution in [0.2, 0.25) is 0 Å². The van der Waals surface area contributed by atoms with Crippen LogP contribution in [0.3, 0.4) is 0 Å². The summed E-state index contributed by atoms with van der Waals surface area (Å²) in [5, 5.41) is 6.41. The van der Waals surface area contributed by atoms with Crippen LogP contribution in [0.4, 0.5) is 0 Å². The first-order chi connectivity index (χ1) is 6.13. The number of rotatable bonds is 3. The first-order valence-electron chi connectivity index (χ1n) is 4.37. The largest absolute Gasteiger partial charge is 0.361 e. The van der Waals surface area contributed by atoms with Crippen LogP contribution in [0, 0.1) is 6.92 Å². The number of nitrogens with zero attached hydrogens (tertiary/aromatic N) is 1. The van der Waals surface area contributed by atoms with Crippen molar-refractivity contribution in [2.45, 2.75) is 33.2 Å². The molecule has 4 heteroatoms. The van der Waals surface area contributed by atoms with Gasteiger partial charge >= 0.3 is 0 Å². The molecule has 0 bridgehead atoms. The highest BCUT2D eigenvalue weighted by molar-refractivity contribution is 5.92. The summed E-state index contributed by atoms with van der Waals surface area (Å²) in [6.07, 6.45) is 0.905. The molecule has 0 spiro atoms. The molecular weight excluding hydrogens is 168 g/mol. The van der Waals surface area contributed by atoms with Crippen molar-refractivity contribution in [3.05, 3.63) is 17.5 Å². The molecule has 0 saturated heterocycles. The predicted octanol–water partition coefficient (Wildman–Crippen LogP) is 1.51. The van der Waals surface area contributed by atoms with Gasteiger partial charge in [-0.2, -0.15) is 0 Å². The normalized spacial score (nSPS) is 12.5. The summed E-state index contributed by atoms with van der Waals surface area (Å²) in [4.78, 5) is 11.4. The maximum atomic E-state index is 11.4. The summed E-state index contributed by atoms with van der Waals surface area (Å²) < 4.78 is 4.79. The van der Waals surface area contributed by atoms with Crippen LogP contribution in [-0.4, -0.2) is 17.1 Å². The van der Waals surface area contributed by atoms with Crippen LogP contribution in [0.1, 0.15) is 36.5 Å². The fourth-order valence-corrected chi connectivity index (χ4v) is 0.873. The molecule has 1 N–H and O–H groups in total. The topological polar surface area (TPSA) is 55.1 Å². The van der Waals surface area contributed by atoms with Crippen molar-refractivity contribution in [2.75, 3.05) is 0 Å². The van der Waals surface area contributed by atoms with Crippen molar-refractivity contribution in [3.63, 3.8) is 0 Å². The minimum absolute atomic E-state index is 0.171. The molecule has 1 heterocycles. The summed E-state index contributed by atoms with van der Waals surface area (Å²) in [5.74, 6) is 0.473. The molecule has 4 nitrogen and oxygen atoms in total. The molecular formula is C9H14N2O2. The van der Waals surface area contributed by atoms with Gasteiger partial charge in [-0.15, -0.1) is 0 Å². The fourth-order valence-electron chi connectivity index (χ4n) is 0.873. The van der Waals surface area contributed by atoms with Gasteiger partial charge in [0, 0.05) is 12.1 Å². The predicted molar refractivity (Wildman–Crippen MR) is 48.5 cm³/mol. The highest BCUT2D eigenvalue weighted by atomic mass is 16.5. The van der Waals surface area contributed by atoms with Gasteiger partial charge in [0.2, 0.25) is 0 Å². The average Bonchev–Trinajstić information content (AvgIpc) is 2.51. The van der Waals surface area contributed by atoms with Gasteiger partial charge in [-0.05, 0) is 20.3 Å². The van der Waals surface area contributed by atoms with Crippen molar-refractivity contribution >= 4 is 5.91 Å².